The van der Waals surface area contributed by atoms with E-state index in [0.717, 1.165) is 66.6 Å². The molecule has 1 atom stereocenters. The normalized spacial score (nSPS) is 16.8. The van der Waals surface area contributed by atoms with Crippen molar-refractivity contribution in [3.63, 3.8) is 0 Å². The Kier molecular flexibility index (Phi) is 8.71. The summed E-state index contributed by atoms with van der Waals surface area (Å²) in [6.45, 7) is 17.9. The fraction of sp³-hybridized carbons (Fsp3) is 0.704. The number of fused-ring (bicyclic) bond motifs is 1. The van der Waals surface area contributed by atoms with Gasteiger partial charge in [0.25, 0.3) is 0 Å². The number of likely N-dealkylation sites (tertiary alicyclic amines) is 1. The summed E-state index contributed by atoms with van der Waals surface area (Å²) in [5.41, 5.74) is 2.85. The minimum atomic E-state index is -1.34. The van der Waals surface area contributed by atoms with E-state index in [2.05, 4.69) is 39.0 Å². The molecule has 0 aliphatic carbocycles. The van der Waals surface area contributed by atoms with Crippen LogP contribution in [0.3, 0.4) is 0 Å². The number of amides is 1. The third kappa shape index (κ3) is 7.08. The smallest absolute Gasteiger partial charge is 0.410 e. The first-order chi connectivity index (χ1) is 16.3. The molecular weight excluding hydrogens is 460 g/mol. The van der Waals surface area contributed by atoms with E-state index in [1.807, 2.05) is 37.8 Å². The zero-order valence-electron chi connectivity index (χ0n) is 22.8. The Labute approximate surface area is 211 Å². The Hall–Kier alpha value is -1.90. The monoisotopic (exact) mass is 504 g/mol. The van der Waals surface area contributed by atoms with Crippen molar-refractivity contribution in [3.05, 3.63) is 29.0 Å². The summed E-state index contributed by atoms with van der Waals surface area (Å²) in [4.78, 5) is 14.2. The number of aryl methyl sites for hydroxylation is 1. The number of piperidine rings is 1. The molecule has 2 aromatic rings. The first-order valence-corrected chi connectivity index (χ1v) is 15.7. The van der Waals surface area contributed by atoms with Crippen molar-refractivity contribution in [2.75, 3.05) is 13.1 Å². The summed E-state index contributed by atoms with van der Waals surface area (Å²) in [6.07, 6.45) is 3.37. The molecule has 1 unspecified atom stereocenters. The summed E-state index contributed by atoms with van der Waals surface area (Å²) in [7, 11) is -1.34. The van der Waals surface area contributed by atoms with Gasteiger partial charge in [-0.15, -0.1) is 0 Å². The Morgan fingerprint density at radius 1 is 1.20 bits per heavy atom. The average molecular weight is 505 g/mol. The number of aromatic nitrogens is 1. The van der Waals surface area contributed by atoms with Crippen LogP contribution in [0.25, 0.3) is 11.0 Å². The maximum Gasteiger partial charge on any atom is 0.410 e. The van der Waals surface area contributed by atoms with E-state index in [-0.39, 0.29) is 24.2 Å². The summed E-state index contributed by atoms with van der Waals surface area (Å²) < 4.78 is 17.9. The van der Waals surface area contributed by atoms with E-state index in [0.29, 0.717) is 5.92 Å². The maximum absolute atomic E-state index is 12.3. The van der Waals surface area contributed by atoms with Crippen LogP contribution < -0.4 is 0 Å². The third-order valence-electron chi connectivity index (χ3n) is 6.53. The number of hydrogen-bond acceptors (Lipinski definition) is 6. The molecule has 2 heterocycles. The molecule has 1 fully saturated rings. The molecule has 0 spiro atoms. The van der Waals surface area contributed by atoms with Gasteiger partial charge in [0.2, 0.25) is 0 Å². The maximum atomic E-state index is 12.3. The minimum absolute atomic E-state index is 0.0624. The molecule has 1 amide bonds. The van der Waals surface area contributed by atoms with Crippen LogP contribution in [0.5, 0.6) is 0 Å². The minimum Gasteiger partial charge on any atom is -0.444 e. The molecule has 3 rings (SSSR count). The van der Waals surface area contributed by atoms with Crippen LogP contribution >= 0.6 is 0 Å². The van der Waals surface area contributed by atoms with Gasteiger partial charge in [-0.2, -0.15) is 0 Å². The SMILES string of the molecule is C[SiH](C)OC(c1c(CO)ccc2c(CCC3CCN(C(=O)OC(C)(C)C)CC3)noc12)C(C)(C)C. The van der Waals surface area contributed by atoms with Gasteiger partial charge in [-0.25, -0.2) is 4.79 Å². The van der Waals surface area contributed by atoms with E-state index in [9.17, 15) is 9.90 Å². The van der Waals surface area contributed by atoms with Gasteiger partial charge in [0.1, 0.15) is 5.60 Å². The van der Waals surface area contributed by atoms with Crippen LogP contribution in [0.2, 0.25) is 13.1 Å². The molecule has 7 nitrogen and oxygen atoms in total. The van der Waals surface area contributed by atoms with Gasteiger partial charge in [-0.3, -0.25) is 0 Å². The van der Waals surface area contributed by atoms with Crippen molar-refractivity contribution < 1.29 is 23.6 Å². The van der Waals surface area contributed by atoms with Gasteiger partial charge >= 0.3 is 6.09 Å². The van der Waals surface area contributed by atoms with Crippen molar-refractivity contribution in [2.24, 2.45) is 11.3 Å². The lowest BCUT2D eigenvalue weighted by atomic mass is 9.82. The van der Waals surface area contributed by atoms with Crippen LogP contribution in [0.1, 0.15) is 83.7 Å². The lowest BCUT2D eigenvalue weighted by Gasteiger charge is -2.34. The Morgan fingerprint density at radius 2 is 1.86 bits per heavy atom. The molecule has 1 aromatic carbocycles. The van der Waals surface area contributed by atoms with Crippen molar-refractivity contribution >= 4 is 26.1 Å². The van der Waals surface area contributed by atoms with Crippen molar-refractivity contribution in [1.82, 2.24) is 10.1 Å². The Balaban J connectivity index is 1.73. The van der Waals surface area contributed by atoms with E-state index < -0.39 is 14.6 Å². The van der Waals surface area contributed by atoms with Gasteiger partial charge in [0.15, 0.2) is 14.6 Å². The van der Waals surface area contributed by atoms with Crippen LogP contribution in [-0.2, 0) is 22.2 Å². The van der Waals surface area contributed by atoms with Gasteiger partial charge in [-0.05, 0) is 82.5 Å². The number of benzene rings is 1. The first kappa shape index (κ1) is 27.7. The fourth-order valence-electron chi connectivity index (χ4n) is 4.77. The molecule has 1 aliphatic heterocycles. The quantitative estimate of drug-likeness (QED) is 0.466. The molecule has 196 valence electrons. The van der Waals surface area contributed by atoms with Gasteiger partial charge in [0, 0.05) is 24.0 Å². The topological polar surface area (TPSA) is 85.0 Å². The molecule has 1 aliphatic rings. The summed E-state index contributed by atoms with van der Waals surface area (Å²) in [6, 6.07) is 4.01. The largest absolute Gasteiger partial charge is 0.444 e. The molecule has 1 aromatic heterocycles. The molecule has 1 N–H and O–H groups in total. The highest BCUT2D eigenvalue weighted by Gasteiger charge is 2.33. The Bertz CT molecular complexity index is 997. The van der Waals surface area contributed by atoms with E-state index in [1.165, 1.54) is 0 Å². The zero-order chi connectivity index (χ0) is 26.0. The van der Waals surface area contributed by atoms with Crippen molar-refractivity contribution in [1.29, 1.82) is 0 Å². The van der Waals surface area contributed by atoms with E-state index in [4.69, 9.17) is 13.7 Å². The second-order valence-electron chi connectivity index (χ2n) is 12.2. The van der Waals surface area contributed by atoms with Crippen LogP contribution in [0.4, 0.5) is 4.79 Å². The lowest BCUT2D eigenvalue weighted by Crippen LogP contribution is -2.41. The number of nitrogens with zero attached hydrogens (tertiary/aromatic N) is 2. The highest BCUT2D eigenvalue weighted by atomic mass is 28.3. The van der Waals surface area contributed by atoms with E-state index in [1.54, 1.807) is 0 Å². The second-order valence-corrected chi connectivity index (χ2v) is 14.6. The lowest BCUT2D eigenvalue weighted by molar-refractivity contribution is 0.0181. The Morgan fingerprint density at radius 3 is 2.40 bits per heavy atom. The molecule has 8 heteroatoms. The number of aliphatic hydroxyl groups excluding tert-OH is 1. The number of aliphatic hydroxyl groups is 1. The number of ether oxygens (including phenoxy) is 1. The number of rotatable bonds is 7. The molecule has 0 radical (unpaired) electrons. The number of hydrogen-bond donors (Lipinski definition) is 1. The van der Waals surface area contributed by atoms with Gasteiger partial charge in [0.05, 0.1) is 18.4 Å². The molecule has 0 saturated carbocycles. The van der Waals surface area contributed by atoms with E-state index >= 15 is 0 Å². The van der Waals surface area contributed by atoms with Gasteiger partial charge < -0.3 is 23.7 Å². The van der Waals surface area contributed by atoms with Crippen LogP contribution in [0.15, 0.2) is 16.7 Å². The fourth-order valence-corrected chi connectivity index (χ4v) is 5.86. The van der Waals surface area contributed by atoms with Crippen LogP contribution in [-0.4, -0.2) is 49.0 Å². The molecular formula is C27H44N2O5Si. The number of carbonyl (C=O) groups is 1. The third-order valence-corrected chi connectivity index (χ3v) is 7.34. The standard InChI is InChI=1S/C27H44N2O5Si/c1-26(2,3)24(34-35(7)8)22-19(17-30)10-11-20-21(28-33-23(20)22)12-9-18-13-15-29(16-14-18)25(31)32-27(4,5)6/h10-11,18,24,30,35H,9,12-17H2,1-8H3. The van der Waals surface area contributed by atoms with Crippen molar-refractivity contribution in [3.8, 4) is 0 Å². The van der Waals surface area contributed by atoms with Crippen LogP contribution in [0, 0.1) is 11.3 Å². The predicted molar refractivity (Wildman–Crippen MR) is 141 cm³/mol. The predicted octanol–water partition coefficient (Wildman–Crippen LogP) is 5.99. The first-order valence-electron chi connectivity index (χ1n) is 12.9. The molecule has 1 saturated heterocycles. The molecule has 0 bridgehead atoms. The summed E-state index contributed by atoms with van der Waals surface area (Å²) >= 11 is 0. The highest BCUT2D eigenvalue weighted by molar-refractivity contribution is 6.48. The number of carbonyl (C=O) groups excluding carboxylic acids is 1. The van der Waals surface area contributed by atoms with Gasteiger partial charge in [-0.1, -0.05) is 32.0 Å². The highest BCUT2D eigenvalue weighted by Crippen LogP contribution is 2.42. The molecule has 35 heavy (non-hydrogen) atoms. The zero-order valence-corrected chi connectivity index (χ0v) is 24.0. The second kappa shape index (κ2) is 11.0. The summed E-state index contributed by atoms with van der Waals surface area (Å²) in [5.74, 6) is 0.536. The average Bonchev–Trinajstić information content (AvgIpc) is 3.17. The van der Waals surface area contributed by atoms with Crippen molar-refractivity contribution in [2.45, 2.75) is 98.6 Å². The summed E-state index contributed by atoms with van der Waals surface area (Å²) in [5, 5.41) is 15.6.